The molecule has 2 atom stereocenters. The summed E-state index contributed by atoms with van der Waals surface area (Å²) in [6.45, 7) is 3.38. The number of halogens is 4. The lowest BCUT2D eigenvalue weighted by molar-refractivity contribution is -0.140. The van der Waals surface area contributed by atoms with E-state index >= 15 is 0 Å². The molecule has 0 aliphatic heterocycles. The van der Waals surface area contributed by atoms with Crippen molar-refractivity contribution in [3.63, 3.8) is 0 Å². The molecule has 1 amide bonds. The van der Waals surface area contributed by atoms with Crippen LogP contribution in [0.5, 0.6) is 0 Å². The van der Waals surface area contributed by atoms with Crippen molar-refractivity contribution in [2.24, 2.45) is 5.73 Å². The van der Waals surface area contributed by atoms with Crippen molar-refractivity contribution in [2.45, 2.75) is 38.5 Å². The summed E-state index contributed by atoms with van der Waals surface area (Å²) in [5.74, 6) is -2.45. The maximum absolute atomic E-state index is 13.7. The van der Waals surface area contributed by atoms with Gasteiger partial charge in [0.2, 0.25) is 0 Å². The standard InChI is InChI=1S/C13H16F4N2O/c1-7(18)6-8(2)19-12(20)9-4-3-5-10(11(9)14)13(15,16)17/h3-5,7-8H,6,18H2,1-2H3,(H,19,20). The van der Waals surface area contributed by atoms with E-state index in [1.165, 1.54) is 0 Å². The third-order valence-corrected chi connectivity index (χ3v) is 2.65. The molecule has 0 saturated carbocycles. The number of benzene rings is 1. The van der Waals surface area contributed by atoms with Crippen LogP contribution >= 0.6 is 0 Å². The molecule has 0 spiro atoms. The van der Waals surface area contributed by atoms with Gasteiger partial charge >= 0.3 is 6.18 Å². The molecule has 2 unspecified atom stereocenters. The Morgan fingerprint density at radius 3 is 2.45 bits per heavy atom. The van der Waals surface area contributed by atoms with E-state index in [4.69, 9.17) is 5.73 Å². The number of carbonyl (C=O) groups excluding carboxylic acids is 1. The predicted molar refractivity (Wildman–Crippen MR) is 66.6 cm³/mol. The Morgan fingerprint density at radius 1 is 1.35 bits per heavy atom. The molecule has 3 nitrogen and oxygen atoms in total. The lowest BCUT2D eigenvalue weighted by atomic mass is 10.1. The summed E-state index contributed by atoms with van der Waals surface area (Å²) in [6.07, 6.45) is -4.40. The highest BCUT2D eigenvalue weighted by Crippen LogP contribution is 2.32. The summed E-state index contributed by atoms with van der Waals surface area (Å²) < 4.78 is 51.3. The Morgan fingerprint density at radius 2 is 1.95 bits per heavy atom. The minimum atomic E-state index is -4.84. The van der Waals surface area contributed by atoms with E-state index < -0.39 is 29.0 Å². The monoisotopic (exact) mass is 292 g/mol. The van der Waals surface area contributed by atoms with Crippen molar-refractivity contribution < 1.29 is 22.4 Å². The van der Waals surface area contributed by atoms with Crippen LogP contribution in [-0.4, -0.2) is 18.0 Å². The van der Waals surface area contributed by atoms with Crippen LogP contribution in [0.25, 0.3) is 0 Å². The number of nitrogens with two attached hydrogens (primary N) is 1. The molecule has 0 fully saturated rings. The number of hydrogen-bond donors (Lipinski definition) is 2. The Bertz CT molecular complexity index is 486. The van der Waals surface area contributed by atoms with E-state index in [9.17, 15) is 22.4 Å². The summed E-state index contributed by atoms with van der Waals surface area (Å²) in [4.78, 5) is 11.8. The summed E-state index contributed by atoms with van der Waals surface area (Å²) in [7, 11) is 0. The zero-order valence-electron chi connectivity index (χ0n) is 11.1. The van der Waals surface area contributed by atoms with Gasteiger partial charge in [0.05, 0.1) is 11.1 Å². The molecule has 1 aromatic rings. The minimum Gasteiger partial charge on any atom is -0.349 e. The normalized spacial score (nSPS) is 14.8. The third kappa shape index (κ3) is 4.19. The minimum absolute atomic E-state index is 0.184. The van der Waals surface area contributed by atoms with E-state index in [0.29, 0.717) is 12.5 Å². The van der Waals surface area contributed by atoms with E-state index in [2.05, 4.69) is 5.32 Å². The van der Waals surface area contributed by atoms with Crippen molar-refractivity contribution in [1.82, 2.24) is 5.32 Å². The Kier molecular flexibility index (Phi) is 5.10. The number of carbonyl (C=O) groups is 1. The van der Waals surface area contributed by atoms with Crippen LogP contribution in [0, 0.1) is 5.82 Å². The summed E-state index contributed by atoms with van der Waals surface area (Å²) in [5.41, 5.74) is 3.46. The SMILES string of the molecule is CC(N)CC(C)NC(=O)c1cccc(C(F)(F)F)c1F. The maximum Gasteiger partial charge on any atom is 0.419 e. The fourth-order valence-electron chi connectivity index (χ4n) is 1.84. The van der Waals surface area contributed by atoms with Crippen LogP contribution in [0.1, 0.15) is 36.2 Å². The molecule has 0 aliphatic carbocycles. The van der Waals surface area contributed by atoms with Crippen molar-refractivity contribution in [3.05, 3.63) is 35.1 Å². The largest absolute Gasteiger partial charge is 0.419 e. The first kappa shape index (κ1) is 16.4. The number of hydrogen-bond acceptors (Lipinski definition) is 2. The molecule has 0 heterocycles. The molecule has 0 aromatic heterocycles. The highest BCUT2D eigenvalue weighted by Gasteiger charge is 2.35. The van der Waals surface area contributed by atoms with Gasteiger partial charge in [0.25, 0.3) is 5.91 Å². The molecular weight excluding hydrogens is 276 g/mol. The second kappa shape index (κ2) is 6.21. The van der Waals surface area contributed by atoms with Crippen molar-refractivity contribution in [2.75, 3.05) is 0 Å². The van der Waals surface area contributed by atoms with Gasteiger partial charge in [0.1, 0.15) is 5.82 Å². The fourth-order valence-corrected chi connectivity index (χ4v) is 1.84. The molecule has 0 saturated heterocycles. The second-order valence-corrected chi connectivity index (χ2v) is 4.75. The molecule has 3 N–H and O–H groups in total. The number of nitrogens with one attached hydrogen (secondary N) is 1. The summed E-state index contributed by atoms with van der Waals surface area (Å²) in [6, 6.07) is 2.06. The van der Waals surface area contributed by atoms with Gasteiger partial charge in [-0.05, 0) is 32.4 Å². The summed E-state index contributed by atoms with van der Waals surface area (Å²) in [5, 5.41) is 2.42. The highest BCUT2D eigenvalue weighted by atomic mass is 19.4. The number of amides is 1. The van der Waals surface area contributed by atoms with Gasteiger partial charge in [-0.2, -0.15) is 13.2 Å². The topological polar surface area (TPSA) is 55.1 Å². The molecule has 7 heteroatoms. The molecule has 0 radical (unpaired) electrons. The highest BCUT2D eigenvalue weighted by molar-refractivity contribution is 5.94. The van der Waals surface area contributed by atoms with Gasteiger partial charge in [-0.15, -0.1) is 0 Å². The third-order valence-electron chi connectivity index (χ3n) is 2.65. The second-order valence-electron chi connectivity index (χ2n) is 4.75. The Labute approximate surface area is 114 Å². The zero-order chi connectivity index (χ0) is 15.5. The zero-order valence-corrected chi connectivity index (χ0v) is 11.1. The number of rotatable bonds is 4. The average molecular weight is 292 g/mol. The Hall–Kier alpha value is -1.63. The fraction of sp³-hybridized carbons (Fsp3) is 0.462. The Balaban J connectivity index is 2.95. The van der Waals surface area contributed by atoms with Gasteiger partial charge in [-0.25, -0.2) is 4.39 Å². The quantitative estimate of drug-likeness (QED) is 0.838. The average Bonchev–Trinajstić information content (AvgIpc) is 2.25. The van der Waals surface area contributed by atoms with Crippen LogP contribution in [0.4, 0.5) is 17.6 Å². The van der Waals surface area contributed by atoms with Crippen LogP contribution < -0.4 is 11.1 Å². The lowest BCUT2D eigenvalue weighted by Crippen LogP contribution is -2.37. The molecule has 1 rings (SSSR count). The van der Waals surface area contributed by atoms with Crippen molar-refractivity contribution in [1.29, 1.82) is 0 Å². The molecule has 1 aromatic carbocycles. The van der Waals surface area contributed by atoms with Gasteiger partial charge in [-0.3, -0.25) is 4.79 Å². The molecule has 0 aliphatic rings. The van der Waals surface area contributed by atoms with Crippen LogP contribution in [-0.2, 0) is 6.18 Å². The molecule has 0 bridgehead atoms. The van der Waals surface area contributed by atoms with E-state index in [-0.39, 0.29) is 12.1 Å². The van der Waals surface area contributed by atoms with E-state index in [1.807, 2.05) is 0 Å². The van der Waals surface area contributed by atoms with Gasteiger partial charge < -0.3 is 11.1 Å². The predicted octanol–water partition coefficient (Wildman–Crippen LogP) is 2.70. The van der Waals surface area contributed by atoms with E-state index in [0.717, 1.165) is 12.1 Å². The first-order valence-corrected chi connectivity index (χ1v) is 6.05. The van der Waals surface area contributed by atoms with E-state index in [1.54, 1.807) is 13.8 Å². The molecule has 112 valence electrons. The number of alkyl halides is 3. The smallest absolute Gasteiger partial charge is 0.349 e. The summed E-state index contributed by atoms with van der Waals surface area (Å²) >= 11 is 0. The van der Waals surface area contributed by atoms with Crippen LogP contribution in [0.2, 0.25) is 0 Å². The maximum atomic E-state index is 13.7. The first-order valence-electron chi connectivity index (χ1n) is 6.05. The molecular formula is C13H16F4N2O. The van der Waals surface area contributed by atoms with Crippen LogP contribution in [0.3, 0.4) is 0 Å². The van der Waals surface area contributed by atoms with Crippen molar-refractivity contribution in [3.8, 4) is 0 Å². The van der Waals surface area contributed by atoms with Crippen molar-refractivity contribution >= 4 is 5.91 Å². The van der Waals surface area contributed by atoms with Gasteiger partial charge in [-0.1, -0.05) is 6.07 Å². The van der Waals surface area contributed by atoms with Gasteiger partial charge in [0, 0.05) is 12.1 Å². The lowest BCUT2D eigenvalue weighted by Gasteiger charge is -2.17. The first-order chi connectivity index (χ1) is 9.12. The van der Waals surface area contributed by atoms with Gasteiger partial charge in [0.15, 0.2) is 0 Å². The molecule has 20 heavy (non-hydrogen) atoms. The van der Waals surface area contributed by atoms with Crippen LogP contribution in [0.15, 0.2) is 18.2 Å².